The van der Waals surface area contributed by atoms with Crippen molar-refractivity contribution in [3.63, 3.8) is 0 Å². The second-order valence-corrected chi connectivity index (χ2v) is 5.87. The second kappa shape index (κ2) is 7.17. The Morgan fingerprint density at radius 3 is 2.95 bits per heavy atom. The molecule has 1 N–H and O–H groups in total. The van der Waals surface area contributed by atoms with Gasteiger partial charge in [-0.3, -0.25) is 9.48 Å². The molecule has 0 unspecified atom stereocenters. The van der Waals surface area contributed by atoms with Crippen LogP contribution in [0.5, 0.6) is 5.75 Å². The van der Waals surface area contributed by atoms with Gasteiger partial charge >= 0.3 is 0 Å². The number of carbonyl (C=O) groups is 1. The van der Waals surface area contributed by atoms with Crippen molar-refractivity contribution < 1.29 is 9.53 Å². The molecule has 21 heavy (non-hydrogen) atoms. The summed E-state index contributed by atoms with van der Waals surface area (Å²) in [6.45, 7) is 4.08. The molecule has 0 aliphatic carbocycles. The summed E-state index contributed by atoms with van der Waals surface area (Å²) in [4.78, 5) is 12.9. The molecule has 2 aromatic rings. The van der Waals surface area contributed by atoms with E-state index in [1.165, 1.54) is 11.8 Å². The zero-order chi connectivity index (χ0) is 15.2. The zero-order valence-electron chi connectivity index (χ0n) is 12.4. The number of hydrogen-bond acceptors (Lipinski definition) is 4. The number of amides is 1. The van der Waals surface area contributed by atoms with Crippen molar-refractivity contribution in [3.05, 3.63) is 36.7 Å². The molecule has 1 heterocycles. The smallest absolute Gasteiger partial charge is 0.234 e. The molecule has 6 heteroatoms. The van der Waals surface area contributed by atoms with Gasteiger partial charge in [0.15, 0.2) is 0 Å². The average Bonchev–Trinajstić information content (AvgIpc) is 2.94. The molecule has 112 valence electrons. The molecule has 0 atom stereocenters. The molecule has 0 saturated heterocycles. The second-order valence-electron chi connectivity index (χ2n) is 4.82. The van der Waals surface area contributed by atoms with Crippen LogP contribution in [0.2, 0.25) is 0 Å². The Morgan fingerprint density at radius 1 is 1.48 bits per heavy atom. The highest BCUT2D eigenvalue weighted by molar-refractivity contribution is 8.00. The molecular formula is C15H19N3O2S. The van der Waals surface area contributed by atoms with E-state index in [-0.39, 0.29) is 11.9 Å². The van der Waals surface area contributed by atoms with Crippen LogP contribution in [0.25, 0.3) is 0 Å². The van der Waals surface area contributed by atoms with Crippen LogP contribution in [0.3, 0.4) is 0 Å². The number of ether oxygens (including phenoxy) is 1. The van der Waals surface area contributed by atoms with Crippen LogP contribution in [-0.4, -0.2) is 28.6 Å². The maximum Gasteiger partial charge on any atom is 0.234 e. The number of nitrogens with one attached hydrogen (secondary N) is 1. The van der Waals surface area contributed by atoms with Crippen molar-refractivity contribution in [1.82, 2.24) is 9.78 Å². The van der Waals surface area contributed by atoms with E-state index < -0.39 is 0 Å². The standard InChI is InChI=1S/C15H19N3O2S/c1-11(2)18-9-12(8-16-18)17-15(19)10-21-14-6-4-5-13(7-14)20-3/h4-9,11H,10H2,1-3H3,(H,17,19). The molecule has 0 fully saturated rings. The summed E-state index contributed by atoms with van der Waals surface area (Å²) in [5.41, 5.74) is 0.722. The fourth-order valence-corrected chi connectivity index (χ4v) is 2.47. The minimum atomic E-state index is -0.0499. The van der Waals surface area contributed by atoms with Gasteiger partial charge in [-0.15, -0.1) is 11.8 Å². The number of anilines is 1. The molecule has 0 spiro atoms. The summed E-state index contributed by atoms with van der Waals surface area (Å²) >= 11 is 1.47. The highest BCUT2D eigenvalue weighted by Gasteiger charge is 2.07. The van der Waals surface area contributed by atoms with Gasteiger partial charge in [-0.1, -0.05) is 6.07 Å². The summed E-state index contributed by atoms with van der Waals surface area (Å²) in [5.74, 6) is 1.09. The highest BCUT2D eigenvalue weighted by atomic mass is 32.2. The molecule has 1 aromatic carbocycles. The minimum Gasteiger partial charge on any atom is -0.497 e. The Balaban J connectivity index is 1.86. The Hall–Kier alpha value is -1.95. The van der Waals surface area contributed by atoms with Crippen LogP contribution in [0.4, 0.5) is 5.69 Å². The predicted molar refractivity (Wildman–Crippen MR) is 85.0 cm³/mol. The van der Waals surface area contributed by atoms with Crippen molar-refractivity contribution in [2.45, 2.75) is 24.8 Å². The lowest BCUT2D eigenvalue weighted by atomic mass is 10.3. The normalized spacial score (nSPS) is 10.7. The van der Waals surface area contributed by atoms with Gasteiger partial charge in [-0.05, 0) is 32.0 Å². The fraction of sp³-hybridized carbons (Fsp3) is 0.333. The van der Waals surface area contributed by atoms with Crippen molar-refractivity contribution >= 4 is 23.4 Å². The first-order chi connectivity index (χ1) is 10.1. The molecule has 1 aromatic heterocycles. The van der Waals surface area contributed by atoms with Gasteiger partial charge in [0.2, 0.25) is 5.91 Å². The third-order valence-corrected chi connectivity index (χ3v) is 3.82. The SMILES string of the molecule is COc1cccc(SCC(=O)Nc2cnn(C(C)C)c2)c1. The number of rotatable bonds is 6. The van der Waals surface area contributed by atoms with E-state index in [9.17, 15) is 4.79 Å². The maximum absolute atomic E-state index is 11.9. The fourth-order valence-electron chi connectivity index (χ4n) is 1.72. The van der Waals surface area contributed by atoms with E-state index in [4.69, 9.17) is 4.74 Å². The lowest BCUT2D eigenvalue weighted by Crippen LogP contribution is -2.13. The number of thioether (sulfide) groups is 1. The predicted octanol–water partition coefficient (Wildman–Crippen LogP) is 3.20. The first-order valence-corrected chi connectivity index (χ1v) is 7.68. The van der Waals surface area contributed by atoms with E-state index in [0.29, 0.717) is 5.75 Å². The number of nitrogens with zero attached hydrogens (tertiary/aromatic N) is 2. The number of hydrogen-bond donors (Lipinski definition) is 1. The molecule has 0 saturated carbocycles. The van der Waals surface area contributed by atoms with Crippen molar-refractivity contribution in [2.75, 3.05) is 18.2 Å². The van der Waals surface area contributed by atoms with E-state index in [1.54, 1.807) is 13.3 Å². The molecule has 1 amide bonds. The summed E-state index contributed by atoms with van der Waals surface area (Å²) < 4.78 is 6.97. The Morgan fingerprint density at radius 2 is 2.29 bits per heavy atom. The van der Waals surface area contributed by atoms with Crippen LogP contribution in [0.1, 0.15) is 19.9 Å². The summed E-state index contributed by atoms with van der Waals surface area (Å²) in [7, 11) is 1.63. The summed E-state index contributed by atoms with van der Waals surface area (Å²) in [5, 5.41) is 7.03. The van der Waals surface area contributed by atoms with Gasteiger partial charge < -0.3 is 10.1 Å². The summed E-state index contributed by atoms with van der Waals surface area (Å²) in [6, 6.07) is 7.93. The van der Waals surface area contributed by atoms with Crippen LogP contribution < -0.4 is 10.1 Å². The first kappa shape index (κ1) is 15.4. The van der Waals surface area contributed by atoms with Gasteiger partial charge in [0.1, 0.15) is 5.75 Å². The van der Waals surface area contributed by atoms with Gasteiger partial charge in [-0.25, -0.2) is 0 Å². The molecule has 5 nitrogen and oxygen atoms in total. The Bertz CT molecular complexity index is 610. The third-order valence-electron chi connectivity index (χ3n) is 2.83. The van der Waals surface area contributed by atoms with E-state index in [1.807, 2.05) is 49.0 Å². The van der Waals surface area contributed by atoms with Gasteiger partial charge in [0.05, 0.1) is 24.7 Å². The van der Waals surface area contributed by atoms with Crippen LogP contribution in [-0.2, 0) is 4.79 Å². The van der Waals surface area contributed by atoms with Gasteiger partial charge in [0.25, 0.3) is 0 Å². The first-order valence-electron chi connectivity index (χ1n) is 6.69. The van der Waals surface area contributed by atoms with E-state index in [2.05, 4.69) is 10.4 Å². The Kier molecular flexibility index (Phi) is 5.27. The minimum absolute atomic E-state index is 0.0499. The van der Waals surface area contributed by atoms with Gasteiger partial charge in [0, 0.05) is 17.1 Å². The van der Waals surface area contributed by atoms with Crippen molar-refractivity contribution in [2.24, 2.45) is 0 Å². The third kappa shape index (κ3) is 4.53. The quantitative estimate of drug-likeness (QED) is 0.833. The molecule has 0 radical (unpaired) electrons. The molecular weight excluding hydrogens is 286 g/mol. The lowest BCUT2D eigenvalue weighted by Gasteiger charge is -2.05. The average molecular weight is 305 g/mol. The number of methoxy groups -OCH3 is 1. The maximum atomic E-state index is 11.9. The topological polar surface area (TPSA) is 56.1 Å². The van der Waals surface area contributed by atoms with Crippen molar-refractivity contribution in [1.29, 1.82) is 0 Å². The number of carbonyl (C=O) groups excluding carboxylic acids is 1. The monoisotopic (exact) mass is 305 g/mol. The zero-order valence-corrected chi connectivity index (χ0v) is 13.2. The lowest BCUT2D eigenvalue weighted by molar-refractivity contribution is -0.113. The molecule has 0 aliphatic heterocycles. The van der Waals surface area contributed by atoms with Crippen molar-refractivity contribution in [3.8, 4) is 5.75 Å². The highest BCUT2D eigenvalue weighted by Crippen LogP contribution is 2.22. The van der Waals surface area contributed by atoms with E-state index >= 15 is 0 Å². The Labute approximate surface area is 128 Å². The van der Waals surface area contributed by atoms with E-state index in [0.717, 1.165) is 16.3 Å². The summed E-state index contributed by atoms with van der Waals surface area (Å²) in [6.07, 6.45) is 3.49. The largest absolute Gasteiger partial charge is 0.497 e. The van der Waals surface area contributed by atoms with Crippen LogP contribution in [0.15, 0.2) is 41.6 Å². The molecule has 0 bridgehead atoms. The molecule has 0 aliphatic rings. The van der Waals surface area contributed by atoms with Gasteiger partial charge in [-0.2, -0.15) is 5.10 Å². The number of aromatic nitrogens is 2. The molecule has 2 rings (SSSR count). The number of benzene rings is 1. The van der Waals surface area contributed by atoms with Crippen LogP contribution >= 0.6 is 11.8 Å². The van der Waals surface area contributed by atoms with Crippen LogP contribution in [0, 0.1) is 0 Å².